The molecule has 2 amide bonds. The Morgan fingerprint density at radius 2 is 1.41 bits per heavy atom. The second kappa shape index (κ2) is 6.96. The van der Waals surface area contributed by atoms with Crippen LogP contribution in [0.3, 0.4) is 0 Å². The van der Waals surface area contributed by atoms with Crippen LogP contribution in [0.4, 0.5) is 0 Å². The van der Waals surface area contributed by atoms with Gasteiger partial charge in [-0.15, -0.1) is 0 Å². The lowest BCUT2D eigenvalue weighted by molar-refractivity contribution is -0.179. The van der Waals surface area contributed by atoms with E-state index < -0.39 is 0 Å². The molecule has 6 rings (SSSR count). The average molecular weight is 402 g/mol. The van der Waals surface area contributed by atoms with Gasteiger partial charge in [-0.25, -0.2) is 0 Å². The Labute approximate surface area is 176 Å². The molecule has 5 heteroatoms. The molecule has 0 N–H and O–H groups in total. The number of amides is 2. The molecule has 6 fully saturated rings. The van der Waals surface area contributed by atoms with Crippen LogP contribution in [0.2, 0.25) is 0 Å². The summed E-state index contributed by atoms with van der Waals surface area (Å²) >= 11 is 0. The van der Waals surface area contributed by atoms with E-state index in [1.807, 2.05) is 4.90 Å². The molecule has 2 saturated heterocycles. The van der Waals surface area contributed by atoms with Gasteiger partial charge in [0.1, 0.15) is 0 Å². The minimum atomic E-state index is -0.0938. The molecule has 0 spiro atoms. The van der Waals surface area contributed by atoms with Crippen LogP contribution in [-0.2, 0) is 9.59 Å². The second-order valence-electron chi connectivity index (χ2n) is 11.9. The molecule has 4 aliphatic carbocycles. The first-order valence-corrected chi connectivity index (χ1v) is 12.1. The van der Waals surface area contributed by atoms with Crippen molar-refractivity contribution >= 4 is 11.8 Å². The van der Waals surface area contributed by atoms with Gasteiger partial charge in [0.25, 0.3) is 0 Å². The summed E-state index contributed by atoms with van der Waals surface area (Å²) in [6.45, 7) is 10.7. The third-order valence-corrected chi connectivity index (χ3v) is 8.77. The fourth-order valence-corrected chi connectivity index (χ4v) is 8.61. The molecule has 5 nitrogen and oxygen atoms in total. The summed E-state index contributed by atoms with van der Waals surface area (Å²) in [6.07, 6.45) is 10.6. The topological polar surface area (TPSA) is 43.9 Å². The highest BCUT2D eigenvalue weighted by Gasteiger charge is 2.63. The van der Waals surface area contributed by atoms with Gasteiger partial charge >= 0.3 is 0 Å². The van der Waals surface area contributed by atoms with E-state index >= 15 is 0 Å². The molecule has 4 saturated carbocycles. The van der Waals surface area contributed by atoms with E-state index in [4.69, 9.17) is 0 Å². The number of nitrogens with zero attached hydrogens (tertiary/aromatic N) is 3. The van der Waals surface area contributed by atoms with Crippen molar-refractivity contribution < 1.29 is 9.59 Å². The first-order valence-electron chi connectivity index (χ1n) is 12.1. The highest BCUT2D eigenvalue weighted by Crippen LogP contribution is 2.69. The molecule has 0 radical (unpaired) electrons. The van der Waals surface area contributed by atoms with Crippen LogP contribution in [0.15, 0.2) is 0 Å². The molecule has 0 aromatic carbocycles. The van der Waals surface area contributed by atoms with Crippen molar-refractivity contribution in [2.75, 3.05) is 45.8 Å². The number of carbonyl (C=O) groups excluding carboxylic acids is 2. The molecule has 2 unspecified atom stereocenters. The van der Waals surface area contributed by atoms with Crippen molar-refractivity contribution in [3.05, 3.63) is 0 Å². The van der Waals surface area contributed by atoms with Crippen LogP contribution in [-0.4, -0.2) is 72.3 Å². The standard InChI is InChI=1S/C24H39N3O2/c1-22-12-19-13-23(2,16-22)18-24(14-19,17-22)21(29)27-9-5-6-25(10-11-27)15-20(28)26-7-3-4-8-26/h19H,3-18H2,1-2H3. The maximum atomic E-state index is 13.9. The summed E-state index contributed by atoms with van der Waals surface area (Å²) in [5.41, 5.74) is 0.664. The summed E-state index contributed by atoms with van der Waals surface area (Å²) in [4.78, 5) is 32.9. The third-order valence-electron chi connectivity index (χ3n) is 8.77. The lowest BCUT2D eigenvalue weighted by Gasteiger charge is -2.65. The number of hydrogen-bond donors (Lipinski definition) is 0. The molecule has 29 heavy (non-hydrogen) atoms. The van der Waals surface area contributed by atoms with Crippen LogP contribution < -0.4 is 0 Å². The van der Waals surface area contributed by atoms with Gasteiger partial charge in [0.05, 0.1) is 12.0 Å². The van der Waals surface area contributed by atoms with Gasteiger partial charge in [0.15, 0.2) is 0 Å². The molecular weight excluding hydrogens is 362 g/mol. The quantitative estimate of drug-likeness (QED) is 0.730. The summed E-state index contributed by atoms with van der Waals surface area (Å²) < 4.78 is 0. The van der Waals surface area contributed by atoms with Gasteiger partial charge in [-0.05, 0) is 74.5 Å². The Morgan fingerprint density at radius 1 is 0.759 bits per heavy atom. The summed E-state index contributed by atoms with van der Waals surface area (Å²) in [7, 11) is 0. The van der Waals surface area contributed by atoms with Crippen LogP contribution >= 0.6 is 0 Å². The molecule has 6 aliphatic rings. The van der Waals surface area contributed by atoms with Crippen molar-refractivity contribution in [2.45, 2.75) is 71.6 Å². The van der Waals surface area contributed by atoms with Crippen molar-refractivity contribution in [1.29, 1.82) is 0 Å². The predicted molar refractivity (Wildman–Crippen MR) is 113 cm³/mol. The van der Waals surface area contributed by atoms with E-state index in [1.165, 1.54) is 19.3 Å². The van der Waals surface area contributed by atoms with E-state index in [9.17, 15) is 9.59 Å². The Balaban J connectivity index is 1.24. The monoisotopic (exact) mass is 401 g/mol. The van der Waals surface area contributed by atoms with Gasteiger partial charge in [0.2, 0.25) is 11.8 Å². The molecule has 0 aromatic rings. The molecule has 2 aliphatic heterocycles. The van der Waals surface area contributed by atoms with Crippen LogP contribution in [0, 0.1) is 22.2 Å². The van der Waals surface area contributed by atoms with Crippen LogP contribution in [0.25, 0.3) is 0 Å². The molecule has 2 heterocycles. The Bertz CT molecular complexity index is 668. The zero-order valence-corrected chi connectivity index (χ0v) is 18.5. The van der Waals surface area contributed by atoms with E-state index in [0.29, 0.717) is 23.3 Å². The number of likely N-dealkylation sites (tertiary alicyclic amines) is 1. The normalized spacial score (nSPS) is 42.3. The first-order chi connectivity index (χ1) is 13.8. The van der Waals surface area contributed by atoms with Crippen molar-refractivity contribution in [2.24, 2.45) is 22.2 Å². The predicted octanol–water partition coefficient (Wildman–Crippen LogP) is 3.14. The molecule has 0 aromatic heterocycles. The summed E-state index contributed by atoms with van der Waals surface area (Å²) in [5, 5.41) is 0. The van der Waals surface area contributed by atoms with E-state index in [2.05, 4.69) is 23.6 Å². The Morgan fingerprint density at radius 3 is 2.07 bits per heavy atom. The maximum Gasteiger partial charge on any atom is 0.236 e. The average Bonchev–Trinajstić information content (AvgIpc) is 3.06. The SMILES string of the molecule is CC12CC3CC(C)(C1)CC(C(=O)N1CCCN(CC(=O)N4CCCC4)CC1)(C3)C2. The van der Waals surface area contributed by atoms with E-state index in [0.717, 1.165) is 83.7 Å². The van der Waals surface area contributed by atoms with Crippen LogP contribution in [0.5, 0.6) is 0 Å². The summed E-state index contributed by atoms with van der Waals surface area (Å²) in [6, 6.07) is 0. The van der Waals surface area contributed by atoms with Crippen molar-refractivity contribution in [3.8, 4) is 0 Å². The first kappa shape index (κ1) is 19.8. The molecular formula is C24H39N3O2. The largest absolute Gasteiger partial charge is 0.342 e. The summed E-state index contributed by atoms with van der Waals surface area (Å²) in [5.74, 6) is 1.49. The minimum absolute atomic E-state index is 0.0938. The second-order valence-corrected chi connectivity index (χ2v) is 11.9. The van der Waals surface area contributed by atoms with Gasteiger partial charge < -0.3 is 9.80 Å². The van der Waals surface area contributed by atoms with E-state index in [1.54, 1.807) is 0 Å². The van der Waals surface area contributed by atoms with Crippen molar-refractivity contribution in [1.82, 2.24) is 14.7 Å². The zero-order chi connectivity index (χ0) is 20.3. The fraction of sp³-hybridized carbons (Fsp3) is 0.917. The smallest absolute Gasteiger partial charge is 0.236 e. The van der Waals surface area contributed by atoms with Crippen molar-refractivity contribution in [3.63, 3.8) is 0 Å². The van der Waals surface area contributed by atoms with Crippen LogP contribution in [0.1, 0.15) is 71.6 Å². The Kier molecular flexibility index (Phi) is 4.76. The molecule has 2 atom stereocenters. The molecule has 162 valence electrons. The third kappa shape index (κ3) is 3.62. The minimum Gasteiger partial charge on any atom is -0.342 e. The fourth-order valence-electron chi connectivity index (χ4n) is 8.61. The zero-order valence-electron chi connectivity index (χ0n) is 18.5. The molecule has 4 bridgehead atoms. The highest BCUT2D eigenvalue weighted by molar-refractivity contribution is 5.83. The number of carbonyl (C=O) groups is 2. The van der Waals surface area contributed by atoms with E-state index in [-0.39, 0.29) is 11.3 Å². The lowest BCUT2D eigenvalue weighted by Crippen LogP contribution is -2.60. The van der Waals surface area contributed by atoms with Gasteiger partial charge in [-0.1, -0.05) is 13.8 Å². The van der Waals surface area contributed by atoms with Gasteiger partial charge in [-0.2, -0.15) is 0 Å². The maximum absolute atomic E-state index is 13.9. The number of hydrogen-bond acceptors (Lipinski definition) is 3. The lowest BCUT2D eigenvalue weighted by atomic mass is 9.40. The highest BCUT2D eigenvalue weighted by atomic mass is 16.2. The number of rotatable bonds is 3. The van der Waals surface area contributed by atoms with Gasteiger partial charge in [0, 0.05) is 39.3 Å². The van der Waals surface area contributed by atoms with Gasteiger partial charge in [-0.3, -0.25) is 14.5 Å². The Hall–Kier alpha value is -1.10.